The molecule has 2 bridgehead atoms. The number of nitrogens with one attached hydrogen (secondary N) is 1. The van der Waals surface area contributed by atoms with Crippen LogP contribution < -0.4 is 5.32 Å². The normalized spacial score (nSPS) is 28.1. The van der Waals surface area contributed by atoms with E-state index in [1.165, 1.54) is 37.8 Å². The van der Waals surface area contributed by atoms with Crippen molar-refractivity contribution >= 4 is 5.91 Å². The van der Waals surface area contributed by atoms with Gasteiger partial charge in [0, 0.05) is 12.6 Å². The van der Waals surface area contributed by atoms with Gasteiger partial charge in [0.25, 0.3) is 0 Å². The summed E-state index contributed by atoms with van der Waals surface area (Å²) in [5, 5.41) is 3.23. The summed E-state index contributed by atoms with van der Waals surface area (Å²) >= 11 is 0. The summed E-state index contributed by atoms with van der Waals surface area (Å²) in [7, 11) is 1.91. The Morgan fingerprint density at radius 3 is 2.75 bits per heavy atom. The van der Waals surface area contributed by atoms with E-state index in [-0.39, 0.29) is 23.8 Å². The Morgan fingerprint density at radius 2 is 2.12 bits per heavy atom. The van der Waals surface area contributed by atoms with Gasteiger partial charge in [-0.25, -0.2) is 4.39 Å². The monoisotopic (exact) mass is 332 g/mol. The Labute approximate surface area is 144 Å². The van der Waals surface area contributed by atoms with Crippen molar-refractivity contribution in [2.24, 2.45) is 17.8 Å². The standard InChI is InChI=1S/C20H29FN2O/c1-13(19-11-15-7-8-17(19)9-15)22-20(24)14(2)23(3)12-16-5-4-6-18(21)10-16/h4-6,10,13-15,17,19H,7-9,11-12H2,1-3H3,(H,22,24). The molecule has 5 atom stereocenters. The van der Waals surface area contributed by atoms with Crippen molar-refractivity contribution in [3.8, 4) is 0 Å². The molecule has 0 heterocycles. The van der Waals surface area contributed by atoms with Gasteiger partial charge in [-0.1, -0.05) is 18.6 Å². The van der Waals surface area contributed by atoms with E-state index in [2.05, 4.69) is 12.2 Å². The molecule has 132 valence electrons. The fourth-order valence-electron chi connectivity index (χ4n) is 4.62. The Balaban J connectivity index is 1.52. The molecule has 2 saturated carbocycles. The van der Waals surface area contributed by atoms with Gasteiger partial charge in [0.05, 0.1) is 6.04 Å². The van der Waals surface area contributed by atoms with Crippen molar-refractivity contribution in [2.75, 3.05) is 7.05 Å². The highest BCUT2D eigenvalue weighted by Crippen LogP contribution is 2.49. The zero-order valence-electron chi connectivity index (χ0n) is 15.0. The Morgan fingerprint density at radius 1 is 1.33 bits per heavy atom. The maximum atomic E-state index is 13.3. The van der Waals surface area contributed by atoms with E-state index in [1.807, 2.05) is 24.9 Å². The van der Waals surface area contributed by atoms with Crippen LogP contribution in [0.4, 0.5) is 4.39 Å². The average molecular weight is 332 g/mol. The summed E-state index contributed by atoms with van der Waals surface area (Å²) in [4.78, 5) is 14.6. The maximum Gasteiger partial charge on any atom is 0.237 e. The summed E-state index contributed by atoms with van der Waals surface area (Å²) in [6, 6.07) is 6.59. The SMILES string of the molecule is CC(NC(=O)C(C)N(C)Cc1cccc(F)c1)C1CC2CCC1C2. The lowest BCUT2D eigenvalue weighted by atomic mass is 9.84. The second-order valence-electron chi connectivity index (χ2n) is 7.86. The van der Waals surface area contributed by atoms with Crippen molar-refractivity contribution in [3.05, 3.63) is 35.6 Å². The molecule has 1 amide bonds. The maximum absolute atomic E-state index is 13.3. The molecule has 0 radical (unpaired) electrons. The van der Waals surface area contributed by atoms with Crippen molar-refractivity contribution in [1.82, 2.24) is 10.2 Å². The minimum absolute atomic E-state index is 0.0733. The Bertz CT molecular complexity index is 591. The van der Waals surface area contributed by atoms with Crippen LogP contribution in [0.15, 0.2) is 24.3 Å². The molecule has 4 heteroatoms. The number of nitrogens with zero attached hydrogens (tertiary/aromatic N) is 1. The number of amides is 1. The largest absolute Gasteiger partial charge is 0.352 e. The van der Waals surface area contributed by atoms with Crippen LogP contribution in [0.3, 0.4) is 0 Å². The molecule has 0 aromatic heterocycles. The number of carbonyl (C=O) groups is 1. The van der Waals surface area contributed by atoms with Crippen molar-refractivity contribution in [1.29, 1.82) is 0 Å². The van der Waals surface area contributed by atoms with Gasteiger partial charge < -0.3 is 5.32 Å². The number of hydrogen-bond acceptors (Lipinski definition) is 2. The number of likely N-dealkylation sites (N-methyl/N-ethyl adjacent to an activating group) is 1. The molecule has 1 N–H and O–H groups in total. The molecular formula is C20H29FN2O. The molecule has 3 nitrogen and oxygen atoms in total. The van der Waals surface area contributed by atoms with Crippen molar-refractivity contribution in [3.63, 3.8) is 0 Å². The minimum atomic E-state index is -0.233. The fourth-order valence-corrected chi connectivity index (χ4v) is 4.62. The lowest BCUT2D eigenvalue weighted by molar-refractivity contribution is -0.126. The lowest BCUT2D eigenvalue weighted by Gasteiger charge is -2.31. The topological polar surface area (TPSA) is 32.3 Å². The minimum Gasteiger partial charge on any atom is -0.352 e. The van der Waals surface area contributed by atoms with Gasteiger partial charge in [-0.05, 0) is 75.6 Å². The van der Waals surface area contributed by atoms with Crippen LogP contribution in [-0.2, 0) is 11.3 Å². The second kappa shape index (κ2) is 7.22. The Hall–Kier alpha value is -1.42. The molecule has 0 saturated heterocycles. The van der Waals surface area contributed by atoms with Gasteiger partial charge >= 0.3 is 0 Å². The molecule has 3 rings (SSSR count). The van der Waals surface area contributed by atoms with E-state index in [0.29, 0.717) is 12.5 Å². The Kier molecular flexibility index (Phi) is 5.24. The quantitative estimate of drug-likeness (QED) is 0.863. The number of hydrogen-bond donors (Lipinski definition) is 1. The number of fused-ring (bicyclic) bond motifs is 2. The average Bonchev–Trinajstić information content (AvgIpc) is 3.17. The summed E-state index contributed by atoms with van der Waals surface area (Å²) in [6.07, 6.45) is 5.36. The van der Waals surface area contributed by atoms with Gasteiger partial charge in [-0.3, -0.25) is 9.69 Å². The molecule has 2 fully saturated rings. The van der Waals surface area contributed by atoms with Crippen LogP contribution in [0.2, 0.25) is 0 Å². The molecular weight excluding hydrogens is 303 g/mol. The smallest absolute Gasteiger partial charge is 0.237 e. The highest BCUT2D eigenvalue weighted by molar-refractivity contribution is 5.81. The van der Waals surface area contributed by atoms with Crippen LogP contribution in [-0.4, -0.2) is 29.9 Å². The predicted octanol–water partition coefficient (Wildman–Crippen LogP) is 3.59. The molecule has 5 unspecified atom stereocenters. The molecule has 1 aromatic carbocycles. The summed E-state index contributed by atoms with van der Waals surface area (Å²) in [6.45, 7) is 4.64. The molecule has 2 aliphatic rings. The zero-order valence-corrected chi connectivity index (χ0v) is 15.0. The van der Waals surface area contributed by atoms with Crippen LogP contribution in [0, 0.1) is 23.6 Å². The first-order valence-electron chi connectivity index (χ1n) is 9.19. The highest BCUT2D eigenvalue weighted by Gasteiger charge is 2.42. The number of rotatable bonds is 6. The summed E-state index contributed by atoms with van der Waals surface area (Å²) < 4.78 is 13.3. The van der Waals surface area contributed by atoms with Gasteiger partial charge in [0.2, 0.25) is 5.91 Å². The van der Waals surface area contributed by atoms with Crippen molar-refractivity contribution < 1.29 is 9.18 Å². The van der Waals surface area contributed by atoms with Crippen LogP contribution in [0.1, 0.15) is 45.1 Å². The first-order chi connectivity index (χ1) is 11.4. The first kappa shape index (κ1) is 17.4. The predicted molar refractivity (Wildman–Crippen MR) is 93.9 cm³/mol. The number of carbonyl (C=O) groups excluding carboxylic acids is 1. The number of benzene rings is 1. The van der Waals surface area contributed by atoms with Crippen LogP contribution >= 0.6 is 0 Å². The van der Waals surface area contributed by atoms with E-state index in [0.717, 1.165) is 17.4 Å². The molecule has 0 aliphatic heterocycles. The lowest BCUT2D eigenvalue weighted by Crippen LogP contribution is -2.48. The van der Waals surface area contributed by atoms with E-state index >= 15 is 0 Å². The molecule has 2 aliphatic carbocycles. The van der Waals surface area contributed by atoms with E-state index in [4.69, 9.17) is 0 Å². The third-order valence-electron chi connectivity index (χ3n) is 6.17. The third-order valence-corrected chi connectivity index (χ3v) is 6.17. The van der Waals surface area contributed by atoms with E-state index in [9.17, 15) is 9.18 Å². The highest BCUT2D eigenvalue weighted by atomic mass is 19.1. The first-order valence-corrected chi connectivity index (χ1v) is 9.19. The van der Waals surface area contributed by atoms with Gasteiger partial charge in [0.1, 0.15) is 5.82 Å². The van der Waals surface area contributed by atoms with E-state index in [1.54, 1.807) is 6.07 Å². The van der Waals surface area contributed by atoms with Gasteiger partial charge in [-0.15, -0.1) is 0 Å². The summed E-state index contributed by atoms with van der Waals surface area (Å²) in [5.74, 6) is 2.19. The molecule has 1 aromatic rings. The fraction of sp³-hybridized carbons (Fsp3) is 0.650. The molecule has 24 heavy (non-hydrogen) atoms. The van der Waals surface area contributed by atoms with Crippen LogP contribution in [0.25, 0.3) is 0 Å². The van der Waals surface area contributed by atoms with Crippen molar-refractivity contribution in [2.45, 2.75) is 58.2 Å². The van der Waals surface area contributed by atoms with Crippen LogP contribution in [0.5, 0.6) is 0 Å². The van der Waals surface area contributed by atoms with Gasteiger partial charge in [-0.2, -0.15) is 0 Å². The zero-order chi connectivity index (χ0) is 17.3. The number of halogens is 1. The summed E-state index contributed by atoms with van der Waals surface area (Å²) in [5.41, 5.74) is 0.887. The molecule has 0 spiro atoms. The van der Waals surface area contributed by atoms with Gasteiger partial charge in [0.15, 0.2) is 0 Å². The second-order valence-corrected chi connectivity index (χ2v) is 7.86. The van der Waals surface area contributed by atoms with E-state index < -0.39 is 0 Å². The third kappa shape index (κ3) is 3.80.